The Balaban J connectivity index is 3.07. The van der Waals surface area contributed by atoms with Crippen LogP contribution in [0.1, 0.15) is 12.8 Å². The van der Waals surface area contributed by atoms with Gasteiger partial charge in [-0.25, -0.2) is 4.39 Å². The van der Waals surface area contributed by atoms with Crippen LogP contribution in [0.5, 0.6) is 0 Å². The summed E-state index contributed by atoms with van der Waals surface area (Å²) in [6.07, 6.45) is -3.12. The average molecular weight is 245 g/mol. The van der Waals surface area contributed by atoms with Gasteiger partial charge in [0.2, 0.25) is 0 Å². The Morgan fingerprint density at radius 1 is 1.33 bits per heavy atom. The molecule has 68 valence electrons. The van der Waals surface area contributed by atoms with E-state index < -0.39 is 17.6 Å². The predicted octanol–water partition coefficient (Wildman–Crippen LogP) is 3.84. The van der Waals surface area contributed by atoms with Gasteiger partial charge in [0.05, 0.1) is 0 Å². The molecule has 0 aromatic rings. The highest BCUT2D eigenvalue weighted by atomic mass is 79.9. The first kappa shape index (κ1) is 9.77. The standard InChI is InChI=1S/C7H5BrF4/c8-4-2-1-3-5(9)6(4)7(10,11)12/h3H,1-2H2. The van der Waals surface area contributed by atoms with E-state index in [-0.39, 0.29) is 10.9 Å². The Labute approximate surface area is 75.1 Å². The van der Waals surface area contributed by atoms with Gasteiger partial charge in [-0.1, -0.05) is 15.9 Å². The summed E-state index contributed by atoms with van der Waals surface area (Å²) in [6.45, 7) is 0. The maximum absolute atomic E-state index is 12.6. The fourth-order valence-corrected chi connectivity index (χ4v) is 1.61. The number of hydrogen-bond donors (Lipinski definition) is 0. The predicted molar refractivity (Wildman–Crippen MR) is 40.4 cm³/mol. The number of rotatable bonds is 0. The van der Waals surface area contributed by atoms with E-state index in [1.54, 1.807) is 0 Å². The van der Waals surface area contributed by atoms with Gasteiger partial charge in [0.1, 0.15) is 11.4 Å². The molecule has 0 unspecified atom stereocenters. The molecule has 0 N–H and O–H groups in total. The minimum absolute atomic E-state index is 0.102. The summed E-state index contributed by atoms with van der Waals surface area (Å²) in [6, 6.07) is 0. The van der Waals surface area contributed by atoms with Crippen molar-refractivity contribution in [2.75, 3.05) is 0 Å². The van der Waals surface area contributed by atoms with Crippen LogP contribution >= 0.6 is 15.9 Å². The summed E-state index contributed by atoms with van der Waals surface area (Å²) in [7, 11) is 0. The third-order valence-electron chi connectivity index (χ3n) is 1.48. The second kappa shape index (κ2) is 3.20. The van der Waals surface area contributed by atoms with Crippen LogP contribution in [0.3, 0.4) is 0 Å². The van der Waals surface area contributed by atoms with Crippen molar-refractivity contribution in [1.29, 1.82) is 0 Å². The fourth-order valence-electron chi connectivity index (χ4n) is 0.971. The number of halogens is 5. The van der Waals surface area contributed by atoms with Crippen molar-refractivity contribution in [3.63, 3.8) is 0 Å². The number of alkyl halides is 3. The smallest absolute Gasteiger partial charge is 0.207 e. The van der Waals surface area contributed by atoms with Gasteiger partial charge >= 0.3 is 6.18 Å². The molecule has 0 aromatic heterocycles. The van der Waals surface area contributed by atoms with Crippen molar-refractivity contribution in [2.24, 2.45) is 0 Å². The molecule has 0 amide bonds. The summed E-state index contributed by atoms with van der Waals surface area (Å²) in [4.78, 5) is 0. The average Bonchev–Trinajstić information content (AvgIpc) is 1.82. The van der Waals surface area contributed by atoms with E-state index in [1.165, 1.54) is 0 Å². The molecule has 1 rings (SSSR count). The van der Waals surface area contributed by atoms with Crippen LogP contribution < -0.4 is 0 Å². The van der Waals surface area contributed by atoms with E-state index in [0.717, 1.165) is 6.08 Å². The molecular weight excluding hydrogens is 240 g/mol. The summed E-state index contributed by atoms with van der Waals surface area (Å²) in [5.41, 5.74) is -1.17. The highest BCUT2D eigenvalue weighted by molar-refractivity contribution is 9.11. The maximum atomic E-state index is 12.6. The Kier molecular flexibility index (Phi) is 2.61. The number of hydrogen-bond acceptors (Lipinski definition) is 0. The van der Waals surface area contributed by atoms with E-state index >= 15 is 0 Å². The molecule has 0 spiro atoms. The highest BCUT2D eigenvalue weighted by Gasteiger charge is 2.39. The summed E-state index contributed by atoms with van der Waals surface area (Å²) in [5, 5.41) is 0. The zero-order chi connectivity index (χ0) is 9.35. The van der Waals surface area contributed by atoms with Crippen molar-refractivity contribution < 1.29 is 17.6 Å². The molecule has 0 heterocycles. The van der Waals surface area contributed by atoms with Crippen molar-refractivity contribution in [3.05, 3.63) is 22.0 Å². The molecule has 0 aliphatic heterocycles. The van der Waals surface area contributed by atoms with Gasteiger partial charge in [0.25, 0.3) is 0 Å². The van der Waals surface area contributed by atoms with Crippen molar-refractivity contribution in [3.8, 4) is 0 Å². The van der Waals surface area contributed by atoms with Gasteiger partial charge in [-0.2, -0.15) is 13.2 Å². The Bertz CT molecular complexity index is 249. The molecular formula is C7H5BrF4. The molecule has 1 aliphatic carbocycles. The first-order valence-electron chi connectivity index (χ1n) is 3.25. The molecule has 12 heavy (non-hydrogen) atoms. The highest BCUT2D eigenvalue weighted by Crippen LogP contribution is 2.40. The molecule has 0 atom stereocenters. The second-order valence-corrected chi connectivity index (χ2v) is 3.33. The van der Waals surface area contributed by atoms with E-state index in [1.807, 2.05) is 0 Å². The van der Waals surface area contributed by atoms with E-state index in [4.69, 9.17) is 0 Å². The zero-order valence-electron chi connectivity index (χ0n) is 5.88. The monoisotopic (exact) mass is 244 g/mol. The quantitative estimate of drug-likeness (QED) is 0.568. The van der Waals surface area contributed by atoms with E-state index in [2.05, 4.69) is 15.9 Å². The van der Waals surface area contributed by atoms with Crippen molar-refractivity contribution >= 4 is 15.9 Å². The normalized spacial score (nSPS) is 19.6. The third-order valence-corrected chi connectivity index (χ3v) is 2.27. The van der Waals surface area contributed by atoms with Crippen LogP contribution in [0.15, 0.2) is 22.0 Å². The largest absolute Gasteiger partial charge is 0.419 e. The lowest BCUT2D eigenvalue weighted by atomic mass is 10.1. The molecule has 0 saturated carbocycles. The number of allylic oxidation sites excluding steroid dienone is 4. The van der Waals surface area contributed by atoms with Gasteiger partial charge in [0.15, 0.2) is 0 Å². The van der Waals surface area contributed by atoms with Crippen LogP contribution in [-0.2, 0) is 0 Å². The lowest BCUT2D eigenvalue weighted by Gasteiger charge is -2.15. The minimum atomic E-state index is -4.60. The first-order valence-corrected chi connectivity index (χ1v) is 4.04. The van der Waals surface area contributed by atoms with Crippen LogP contribution in [0.25, 0.3) is 0 Å². The molecule has 0 saturated heterocycles. The Morgan fingerprint density at radius 3 is 2.25 bits per heavy atom. The SMILES string of the molecule is FC1=CCCC(Br)=C1C(F)(F)F. The van der Waals surface area contributed by atoms with Crippen LogP contribution in [0, 0.1) is 0 Å². The zero-order valence-corrected chi connectivity index (χ0v) is 7.47. The van der Waals surface area contributed by atoms with Crippen molar-refractivity contribution in [1.82, 2.24) is 0 Å². The maximum Gasteiger partial charge on any atom is 0.419 e. The van der Waals surface area contributed by atoms with E-state index in [9.17, 15) is 17.6 Å². The lowest BCUT2D eigenvalue weighted by Crippen LogP contribution is -2.15. The van der Waals surface area contributed by atoms with Crippen LogP contribution in [0.4, 0.5) is 17.6 Å². The van der Waals surface area contributed by atoms with Crippen LogP contribution in [0.2, 0.25) is 0 Å². The summed E-state index contributed by atoms with van der Waals surface area (Å²) >= 11 is 2.71. The van der Waals surface area contributed by atoms with E-state index in [0.29, 0.717) is 6.42 Å². The third kappa shape index (κ3) is 1.88. The van der Waals surface area contributed by atoms with Crippen LogP contribution in [-0.4, -0.2) is 6.18 Å². The fraction of sp³-hybridized carbons (Fsp3) is 0.429. The second-order valence-electron chi connectivity index (χ2n) is 2.37. The van der Waals surface area contributed by atoms with Gasteiger partial charge < -0.3 is 0 Å². The molecule has 0 aromatic carbocycles. The molecule has 0 radical (unpaired) electrons. The van der Waals surface area contributed by atoms with Crippen molar-refractivity contribution in [2.45, 2.75) is 19.0 Å². The van der Waals surface area contributed by atoms with Gasteiger partial charge in [0, 0.05) is 4.48 Å². The molecule has 0 nitrogen and oxygen atoms in total. The Morgan fingerprint density at radius 2 is 1.92 bits per heavy atom. The molecule has 1 aliphatic rings. The summed E-state index contributed by atoms with van der Waals surface area (Å²) < 4.78 is 48.8. The van der Waals surface area contributed by atoms with Gasteiger partial charge in [-0.05, 0) is 18.9 Å². The molecule has 0 bridgehead atoms. The topological polar surface area (TPSA) is 0 Å². The molecule has 0 fully saturated rings. The van der Waals surface area contributed by atoms with Gasteiger partial charge in [-0.3, -0.25) is 0 Å². The molecule has 5 heteroatoms. The van der Waals surface area contributed by atoms with Gasteiger partial charge in [-0.15, -0.1) is 0 Å². The summed E-state index contributed by atoms with van der Waals surface area (Å²) in [5.74, 6) is -1.18. The Hall–Kier alpha value is -0.320. The first-order chi connectivity index (χ1) is 5.43. The lowest BCUT2D eigenvalue weighted by molar-refractivity contribution is -0.0917. The minimum Gasteiger partial charge on any atom is -0.207 e.